The first kappa shape index (κ1) is 11.0. The Labute approximate surface area is 104 Å². The second-order valence-corrected chi connectivity index (χ2v) is 4.53. The zero-order chi connectivity index (χ0) is 12.7. The smallest absolute Gasteiger partial charge is 0.339 e. The Bertz CT molecular complexity index is 631. The minimum atomic E-state index is -0.958. The molecule has 0 aliphatic heterocycles. The molecule has 0 amide bonds. The van der Waals surface area contributed by atoms with Crippen LogP contribution in [0.25, 0.3) is 5.82 Å². The van der Waals surface area contributed by atoms with Gasteiger partial charge in [0.2, 0.25) is 0 Å². The molecule has 1 N–H and O–H groups in total. The minimum absolute atomic E-state index is 0.221. The Morgan fingerprint density at radius 3 is 2.94 bits per heavy atom. The number of rotatable bonds is 2. The first-order valence-corrected chi connectivity index (χ1v) is 5.94. The third-order valence-corrected chi connectivity index (χ3v) is 3.20. The van der Waals surface area contributed by atoms with Gasteiger partial charge in [-0.15, -0.1) is 0 Å². The molecular weight excluding hydrogens is 230 g/mol. The third-order valence-electron chi connectivity index (χ3n) is 3.20. The summed E-state index contributed by atoms with van der Waals surface area (Å²) in [5.74, 6) is -0.545. The number of carbonyl (C=O) groups is 1. The lowest BCUT2D eigenvalue weighted by atomic mass is 10.1. The van der Waals surface area contributed by atoms with Gasteiger partial charge in [0, 0.05) is 11.9 Å². The van der Waals surface area contributed by atoms with E-state index in [1.54, 1.807) is 12.3 Å². The van der Waals surface area contributed by atoms with Crippen molar-refractivity contribution in [2.45, 2.75) is 26.2 Å². The topological polar surface area (TPSA) is 68.0 Å². The number of hydrogen-bond donors (Lipinski definition) is 1. The standard InChI is InChI=1S/C13H13N3O2/c1-8-5-6-16(15-8)12-10(13(17)18)7-9-3-2-4-11(9)14-12/h5-7H,2-4H2,1H3,(H,17,18). The van der Waals surface area contributed by atoms with E-state index in [2.05, 4.69) is 10.1 Å². The van der Waals surface area contributed by atoms with Crippen molar-refractivity contribution in [3.05, 3.63) is 40.8 Å². The SMILES string of the molecule is Cc1ccn(-c2nc3c(cc2C(=O)O)CCC3)n1. The van der Waals surface area contributed by atoms with E-state index in [0.717, 1.165) is 36.2 Å². The van der Waals surface area contributed by atoms with Crippen LogP contribution in [0.15, 0.2) is 18.3 Å². The van der Waals surface area contributed by atoms with Crippen LogP contribution in [0.2, 0.25) is 0 Å². The van der Waals surface area contributed by atoms with Gasteiger partial charge in [-0.25, -0.2) is 14.5 Å². The number of carboxylic acids is 1. The highest BCUT2D eigenvalue weighted by Crippen LogP contribution is 2.24. The molecule has 3 rings (SSSR count). The molecule has 92 valence electrons. The van der Waals surface area contributed by atoms with Crippen molar-refractivity contribution in [2.24, 2.45) is 0 Å². The van der Waals surface area contributed by atoms with Crippen LogP contribution in [0.1, 0.15) is 33.7 Å². The maximum Gasteiger partial charge on any atom is 0.339 e. The Balaban J connectivity index is 2.21. The summed E-state index contributed by atoms with van der Waals surface area (Å²) in [6, 6.07) is 3.57. The first-order valence-electron chi connectivity index (χ1n) is 5.94. The number of carboxylic acid groups (broad SMARTS) is 1. The molecule has 0 unspecified atom stereocenters. The zero-order valence-corrected chi connectivity index (χ0v) is 10.1. The fraction of sp³-hybridized carbons (Fsp3) is 0.308. The fourth-order valence-corrected chi connectivity index (χ4v) is 2.33. The van der Waals surface area contributed by atoms with Crippen LogP contribution in [0, 0.1) is 6.92 Å². The summed E-state index contributed by atoms with van der Waals surface area (Å²) < 4.78 is 1.54. The number of aromatic nitrogens is 3. The number of aromatic carboxylic acids is 1. The van der Waals surface area contributed by atoms with Gasteiger partial charge in [0.15, 0.2) is 5.82 Å². The molecule has 1 aliphatic carbocycles. The van der Waals surface area contributed by atoms with Gasteiger partial charge in [-0.2, -0.15) is 5.10 Å². The van der Waals surface area contributed by atoms with Crippen molar-refractivity contribution in [2.75, 3.05) is 0 Å². The van der Waals surface area contributed by atoms with Crippen molar-refractivity contribution < 1.29 is 9.90 Å². The Morgan fingerprint density at radius 2 is 2.28 bits per heavy atom. The molecule has 2 aromatic heterocycles. The van der Waals surface area contributed by atoms with Crippen molar-refractivity contribution in [1.82, 2.24) is 14.8 Å². The molecule has 0 atom stereocenters. The summed E-state index contributed by atoms with van der Waals surface area (Å²) in [5.41, 5.74) is 3.12. The van der Waals surface area contributed by atoms with E-state index in [-0.39, 0.29) is 5.56 Å². The van der Waals surface area contributed by atoms with E-state index in [4.69, 9.17) is 0 Å². The molecule has 1 aliphatic rings. The van der Waals surface area contributed by atoms with Crippen LogP contribution in [0.5, 0.6) is 0 Å². The van der Waals surface area contributed by atoms with Crippen LogP contribution in [0.4, 0.5) is 0 Å². The van der Waals surface area contributed by atoms with Gasteiger partial charge >= 0.3 is 5.97 Å². The Hall–Kier alpha value is -2.17. The summed E-state index contributed by atoms with van der Waals surface area (Å²) in [6.07, 6.45) is 4.62. The van der Waals surface area contributed by atoms with Crippen molar-refractivity contribution in [3.63, 3.8) is 0 Å². The summed E-state index contributed by atoms with van der Waals surface area (Å²) in [4.78, 5) is 15.8. The lowest BCUT2D eigenvalue weighted by Gasteiger charge is -2.08. The zero-order valence-electron chi connectivity index (χ0n) is 10.1. The lowest BCUT2D eigenvalue weighted by molar-refractivity contribution is 0.0696. The predicted molar refractivity (Wildman–Crippen MR) is 65.1 cm³/mol. The van der Waals surface area contributed by atoms with Gasteiger partial charge in [0.25, 0.3) is 0 Å². The van der Waals surface area contributed by atoms with E-state index < -0.39 is 5.97 Å². The summed E-state index contributed by atoms with van der Waals surface area (Å²) in [7, 11) is 0. The maximum absolute atomic E-state index is 11.3. The summed E-state index contributed by atoms with van der Waals surface area (Å²) >= 11 is 0. The van der Waals surface area contributed by atoms with Crippen LogP contribution >= 0.6 is 0 Å². The molecule has 2 aromatic rings. The van der Waals surface area contributed by atoms with Crippen molar-refractivity contribution in [3.8, 4) is 5.82 Å². The van der Waals surface area contributed by atoms with Crippen LogP contribution in [0.3, 0.4) is 0 Å². The molecule has 18 heavy (non-hydrogen) atoms. The van der Waals surface area contributed by atoms with Gasteiger partial charge in [0.05, 0.1) is 5.69 Å². The van der Waals surface area contributed by atoms with E-state index in [1.165, 1.54) is 4.68 Å². The third kappa shape index (κ3) is 1.68. The molecule has 5 nitrogen and oxygen atoms in total. The molecule has 2 heterocycles. The lowest BCUT2D eigenvalue weighted by Crippen LogP contribution is -2.10. The van der Waals surface area contributed by atoms with Crippen LogP contribution in [-0.4, -0.2) is 25.8 Å². The van der Waals surface area contributed by atoms with Gasteiger partial charge < -0.3 is 5.11 Å². The monoisotopic (exact) mass is 243 g/mol. The number of nitrogens with zero attached hydrogens (tertiary/aromatic N) is 3. The molecule has 0 bridgehead atoms. The average molecular weight is 243 g/mol. The predicted octanol–water partition coefficient (Wildman–Crippen LogP) is 1.76. The highest BCUT2D eigenvalue weighted by Gasteiger charge is 2.21. The molecule has 5 heteroatoms. The Kier molecular flexibility index (Phi) is 2.40. The van der Waals surface area contributed by atoms with E-state index in [9.17, 15) is 9.90 Å². The normalized spacial score (nSPS) is 13.6. The molecule has 0 radical (unpaired) electrons. The molecule has 0 saturated carbocycles. The van der Waals surface area contributed by atoms with E-state index in [0.29, 0.717) is 5.82 Å². The van der Waals surface area contributed by atoms with Gasteiger partial charge in [-0.1, -0.05) is 0 Å². The second-order valence-electron chi connectivity index (χ2n) is 4.53. The minimum Gasteiger partial charge on any atom is -0.478 e. The summed E-state index contributed by atoms with van der Waals surface area (Å²) in [6.45, 7) is 1.87. The quantitative estimate of drug-likeness (QED) is 0.872. The maximum atomic E-state index is 11.3. The van der Waals surface area contributed by atoms with Gasteiger partial charge in [-0.3, -0.25) is 0 Å². The fourth-order valence-electron chi connectivity index (χ4n) is 2.33. The Morgan fingerprint density at radius 1 is 1.44 bits per heavy atom. The van der Waals surface area contributed by atoms with Crippen molar-refractivity contribution in [1.29, 1.82) is 0 Å². The summed E-state index contributed by atoms with van der Waals surface area (Å²) in [5, 5.41) is 13.5. The molecule has 0 fully saturated rings. The second kappa shape index (κ2) is 3.94. The van der Waals surface area contributed by atoms with Gasteiger partial charge in [0.1, 0.15) is 5.56 Å². The molecule has 0 aromatic carbocycles. The van der Waals surface area contributed by atoms with Crippen molar-refractivity contribution >= 4 is 5.97 Å². The number of fused-ring (bicyclic) bond motifs is 1. The molecule has 0 spiro atoms. The molecule has 0 saturated heterocycles. The number of hydrogen-bond acceptors (Lipinski definition) is 3. The largest absolute Gasteiger partial charge is 0.478 e. The van der Waals surface area contributed by atoms with E-state index in [1.807, 2.05) is 13.0 Å². The first-order chi connectivity index (χ1) is 8.65. The number of pyridine rings is 1. The highest BCUT2D eigenvalue weighted by molar-refractivity contribution is 5.91. The average Bonchev–Trinajstić information content (AvgIpc) is 2.94. The highest BCUT2D eigenvalue weighted by atomic mass is 16.4. The van der Waals surface area contributed by atoms with Gasteiger partial charge in [-0.05, 0) is 43.9 Å². The molecular formula is C13H13N3O2. The van der Waals surface area contributed by atoms with Crippen LogP contribution < -0.4 is 0 Å². The van der Waals surface area contributed by atoms with Crippen LogP contribution in [-0.2, 0) is 12.8 Å². The van der Waals surface area contributed by atoms with E-state index >= 15 is 0 Å². The number of aryl methyl sites for hydroxylation is 3.